The number of Topliss-reactive ketones (excluding diaryl/α,β-unsaturated/α-hetero) is 1. The Morgan fingerprint density at radius 3 is 2.58 bits per heavy atom. The minimum Gasteiger partial charge on any atom is -0.444 e. The van der Waals surface area contributed by atoms with Crippen molar-refractivity contribution in [3.05, 3.63) is 0 Å². The Labute approximate surface area is 115 Å². The minimum atomic E-state index is -0.484. The number of amides is 1. The highest BCUT2D eigenvalue weighted by Gasteiger charge is 2.44. The lowest BCUT2D eigenvalue weighted by atomic mass is 9.76. The number of hydrogen-bond acceptors (Lipinski definition) is 3. The molecular weight excluding hydrogens is 242 g/mol. The Kier molecular flexibility index (Phi) is 3.88. The van der Waals surface area contributed by atoms with Crippen molar-refractivity contribution in [1.29, 1.82) is 0 Å². The van der Waals surface area contributed by atoms with Crippen LogP contribution in [-0.4, -0.2) is 34.5 Å². The van der Waals surface area contributed by atoms with Crippen LogP contribution in [0, 0.1) is 5.92 Å². The van der Waals surface area contributed by atoms with Gasteiger partial charge in [0.2, 0.25) is 0 Å². The molecule has 2 rings (SSSR count). The number of carbonyl (C=O) groups excluding carboxylic acids is 2. The van der Waals surface area contributed by atoms with E-state index in [-0.39, 0.29) is 24.1 Å². The highest BCUT2D eigenvalue weighted by Crippen LogP contribution is 2.36. The van der Waals surface area contributed by atoms with Crippen LogP contribution >= 0.6 is 0 Å². The zero-order chi connectivity index (χ0) is 14.2. The van der Waals surface area contributed by atoms with Crippen LogP contribution in [0.4, 0.5) is 4.79 Å². The van der Waals surface area contributed by atoms with E-state index in [1.54, 1.807) is 0 Å². The molecule has 1 saturated heterocycles. The maximum atomic E-state index is 12.4. The van der Waals surface area contributed by atoms with Gasteiger partial charge in [0, 0.05) is 24.4 Å². The van der Waals surface area contributed by atoms with E-state index >= 15 is 0 Å². The molecule has 1 heterocycles. The molecule has 0 unspecified atom stereocenters. The third-order valence-corrected chi connectivity index (χ3v) is 4.13. The molecule has 108 valence electrons. The van der Waals surface area contributed by atoms with Gasteiger partial charge in [0.1, 0.15) is 11.4 Å². The van der Waals surface area contributed by atoms with Gasteiger partial charge in [0.15, 0.2) is 0 Å². The Morgan fingerprint density at radius 2 is 1.95 bits per heavy atom. The topological polar surface area (TPSA) is 46.6 Å². The molecule has 19 heavy (non-hydrogen) atoms. The number of carbonyl (C=O) groups is 2. The summed E-state index contributed by atoms with van der Waals surface area (Å²) in [5.74, 6) is 0.370. The van der Waals surface area contributed by atoms with Gasteiger partial charge in [-0.05, 0) is 53.4 Å². The lowest BCUT2D eigenvalue weighted by Gasteiger charge is -2.46. The predicted molar refractivity (Wildman–Crippen MR) is 72.9 cm³/mol. The standard InChI is InChI=1S/C15H25NO3/c1-10-8-9-11-12(6-5-7-13(11)17)16(10)14(18)19-15(2,3)4/h10-12H,5-9H2,1-4H3/t10-,11+,12+/m0/s1. The van der Waals surface area contributed by atoms with Crippen molar-refractivity contribution in [2.75, 3.05) is 0 Å². The molecule has 2 fully saturated rings. The molecule has 0 N–H and O–H groups in total. The largest absolute Gasteiger partial charge is 0.444 e. The zero-order valence-electron chi connectivity index (χ0n) is 12.4. The summed E-state index contributed by atoms with van der Waals surface area (Å²) < 4.78 is 5.51. The van der Waals surface area contributed by atoms with Crippen LogP contribution in [0.5, 0.6) is 0 Å². The van der Waals surface area contributed by atoms with E-state index in [4.69, 9.17) is 4.74 Å². The van der Waals surface area contributed by atoms with Crippen LogP contribution < -0.4 is 0 Å². The van der Waals surface area contributed by atoms with Gasteiger partial charge >= 0.3 is 6.09 Å². The van der Waals surface area contributed by atoms with E-state index in [0.29, 0.717) is 12.2 Å². The van der Waals surface area contributed by atoms with Gasteiger partial charge in [-0.1, -0.05) is 0 Å². The quantitative estimate of drug-likeness (QED) is 0.677. The molecule has 1 saturated carbocycles. The van der Waals surface area contributed by atoms with Crippen LogP contribution in [-0.2, 0) is 9.53 Å². The normalized spacial score (nSPS) is 31.9. The molecular formula is C15H25NO3. The first-order valence-electron chi connectivity index (χ1n) is 7.33. The van der Waals surface area contributed by atoms with Gasteiger partial charge < -0.3 is 9.64 Å². The summed E-state index contributed by atoms with van der Waals surface area (Å²) in [6.07, 6.45) is 4.06. The summed E-state index contributed by atoms with van der Waals surface area (Å²) in [5.41, 5.74) is -0.484. The third-order valence-electron chi connectivity index (χ3n) is 4.13. The van der Waals surface area contributed by atoms with E-state index in [9.17, 15) is 9.59 Å². The van der Waals surface area contributed by atoms with E-state index in [0.717, 1.165) is 25.7 Å². The fourth-order valence-corrected chi connectivity index (χ4v) is 3.29. The SMILES string of the molecule is C[C@H]1CC[C@H]2C(=O)CCC[C@H]2N1C(=O)OC(C)(C)C. The number of ether oxygens (including phenoxy) is 1. The molecule has 1 aliphatic carbocycles. The van der Waals surface area contributed by atoms with Crippen molar-refractivity contribution >= 4 is 11.9 Å². The average molecular weight is 267 g/mol. The number of piperidine rings is 1. The molecule has 4 nitrogen and oxygen atoms in total. The second kappa shape index (κ2) is 5.14. The van der Waals surface area contributed by atoms with Gasteiger partial charge in [0.25, 0.3) is 0 Å². The fourth-order valence-electron chi connectivity index (χ4n) is 3.29. The molecule has 4 heteroatoms. The molecule has 3 atom stereocenters. The van der Waals surface area contributed by atoms with Crippen LogP contribution in [0.15, 0.2) is 0 Å². The number of fused-ring (bicyclic) bond motifs is 1. The monoisotopic (exact) mass is 267 g/mol. The maximum Gasteiger partial charge on any atom is 0.410 e. The zero-order valence-corrected chi connectivity index (χ0v) is 12.4. The maximum absolute atomic E-state index is 12.4. The number of hydrogen-bond donors (Lipinski definition) is 0. The second-order valence-electron chi connectivity index (χ2n) is 6.85. The van der Waals surface area contributed by atoms with Gasteiger partial charge in [-0.15, -0.1) is 0 Å². The van der Waals surface area contributed by atoms with E-state index in [1.165, 1.54) is 0 Å². The highest BCUT2D eigenvalue weighted by molar-refractivity contribution is 5.83. The Balaban J connectivity index is 2.16. The Bertz CT molecular complexity index is 372. The smallest absolute Gasteiger partial charge is 0.410 e. The molecule has 0 aromatic carbocycles. The average Bonchev–Trinajstić information content (AvgIpc) is 2.26. The first-order chi connectivity index (χ1) is 8.79. The van der Waals surface area contributed by atoms with E-state index in [2.05, 4.69) is 6.92 Å². The van der Waals surface area contributed by atoms with Crippen LogP contribution in [0.2, 0.25) is 0 Å². The third kappa shape index (κ3) is 3.10. The summed E-state index contributed by atoms with van der Waals surface area (Å²) in [6.45, 7) is 7.69. The summed E-state index contributed by atoms with van der Waals surface area (Å²) in [7, 11) is 0. The van der Waals surface area contributed by atoms with Crippen molar-refractivity contribution in [3.63, 3.8) is 0 Å². The lowest BCUT2D eigenvalue weighted by molar-refractivity contribution is -0.130. The molecule has 0 bridgehead atoms. The Morgan fingerprint density at radius 1 is 1.26 bits per heavy atom. The number of ketones is 1. The van der Waals surface area contributed by atoms with Gasteiger partial charge in [-0.3, -0.25) is 4.79 Å². The van der Waals surface area contributed by atoms with E-state index < -0.39 is 5.60 Å². The highest BCUT2D eigenvalue weighted by atomic mass is 16.6. The summed E-state index contributed by atoms with van der Waals surface area (Å²) in [6, 6.07) is 0.224. The molecule has 0 aromatic heterocycles. The van der Waals surface area contributed by atoms with Crippen LogP contribution in [0.1, 0.15) is 59.8 Å². The molecule has 0 aromatic rings. The first-order valence-corrected chi connectivity index (χ1v) is 7.33. The minimum absolute atomic E-state index is 0.0393. The van der Waals surface area contributed by atoms with Crippen LogP contribution in [0.3, 0.4) is 0 Å². The molecule has 0 radical (unpaired) electrons. The summed E-state index contributed by atoms with van der Waals surface area (Å²) in [5, 5.41) is 0. The first kappa shape index (κ1) is 14.4. The summed E-state index contributed by atoms with van der Waals surface area (Å²) >= 11 is 0. The van der Waals surface area contributed by atoms with Crippen molar-refractivity contribution in [3.8, 4) is 0 Å². The van der Waals surface area contributed by atoms with Crippen molar-refractivity contribution in [2.45, 2.75) is 77.5 Å². The second-order valence-corrected chi connectivity index (χ2v) is 6.85. The van der Waals surface area contributed by atoms with Gasteiger partial charge in [-0.25, -0.2) is 4.79 Å². The molecule has 1 aliphatic heterocycles. The molecule has 1 amide bonds. The lowest BCUT2D eigenvalue weighted by Crippen LogP contribution is -2.56. The predicted octanol–water partition coefficient (Wildman–Crippen LogP) is 3.14. The number of nitrogens with zero attached hydrogens (tertiary/aromatic N) is 1. The number of rotatable bonds is 0. The van der Waals surface area contributed by atoms with Gasteiger partial charge in [0.05, 0.1) is 0 Å². The van der Waals surface area contributed by atoms with Gasteiger partial charge in [-0.2, -0.15) is 0 Å². The summed E-state index contributed by atoms with van der Waals surface area (Å²) in [4.78, 5) is 26.2. The Hall–Kier alpha value is -1.06. The van der Waals surface area contributed by atoms with Crippen molar-refractivity contribution in [1.82, 2.24) is 4.90 Å². The van der Waals surface area contributed by atoms with Crippen molar-refractivity contribution in [2.24, 2.45) is 5.92 Å². The van der Waals surface area contributed by atoms with Crippen LogP contribution in [0.25, 0.3) is 0 Å². The molecule has 0 spiro atoms. The number of likely N-dealkylation sites (tertiary alicyclic amines) is 1. The van der Waals surface area contributed by atoms with Crippen molar-refractivity contribution < 1.29 is 14.3 Å². The van der Waals surface area contributed by atoms with E-state index in [1.807, 2.05) is 25.7 Å². The fraction of sp³-hybridized carbons (Fsp3) is 0.867. The molecule has 2 aliphatic rings.